The molecule has 1 atom stereocenters. The Morgan fingerprint density at radius 2 is 1.85 bits per heavy atom. The van der Waals surface area contributed by atoms with Crippen LogP contribution >= 0.6 is 12.4 Å². The summed E-state index contributed by atoms with van der Waals surface area (Å²) in [6.45, 7) is 6.02. The normalized spacial score (nSPS) is 24.1. The highest BCUT2D eigenvalue weighted by Crippen LogP contribution is 2.45. The van der Waals surface area contributed by atoms with Crippen LogP contribution < -0.4 is 5.73 Å². The molecule has 2 aliphatic rings. The second kappa shape index (κ2) is 8.75. The summed E-state index contributed by atoms with van der Waals surface area (Å²) in [5, 5.41) is 0. The van der Waals surface area contributed by atoms with E-state index < -0.39 is 0 Å². The number of rotatable bonds is 5. The van der Waals surface area contributed by atoms with Crippen LogP contribution in [0.25, 0.3) is 0 Å². The lowest BCUT2D eigenvalue weighted by Crippen LogP contribution is -2.54. The van der Waals surface area contributed by atoms with Gasteiger partial charge in [0.2, 0.25) is 5.91 Å². The van der Waals surface area contributed by atoms with Crippen LogP contribution in [-0.2, 0) is 11.2 Å². The monoisotopic (exact) mass is 378 g/mol. The van der Waals surface area contributed by atoms with Crippen molar-refractivity contribution in [2.24, 2.45) is 16.6 Å². The standard InChI is InChI=1S/C22H34N2O.ClH/c1-21(2)17-24(15-11-19(21)23)20(25)16-22(12-6-7-13-22)14-10-18-8-4-3-5-9-18;/h3-5,8-9,19H,6-7,10-17,23H2,1-2H3;1H. The number of nitrogens with two attached hydrogens (primary N) is 1. The van der Waals surface area contributed by atoms with Crippen molar-refractivity contribution >= 4 is 18.3 Å². The number of nitrogens with zero attached hydrogens (tertiary/aromatic N) is 1. The molecule has 2 fully saturated rings. The molecule has 1 saturated carbocycles. The highest BCUT2D eigenvalue weighted by Gasteiger charge is 2.40. The van der Waals surface area contributed by atoms with Gasteiger partial charge in [0.15, 0.2) is 0 Å². The van der Waals surface area contributed by atoms with Crippen LogP contribution in [0.4, 0.5) is 0 Å². The fourth-order valence-corrected chi connectivity index (χ4v) is 4.71. The third kappa shape index (κ3) is 5.01. The number of likely N-dealkylation sites (tertiary alicyclic amines) is 1. The van der Waals surface area contributed by atoms with Crippen LogP contribution in [0.1, 0.15) is 64.4 Å². The Kier molecular flexibility index (Phi) is 7.15. The predicted molar refractivity (Wildman–Crippen MR) is 110 cm³/mol. The number of amides is 1. The number of hydrogen-bond donors (Lipinski definition) is 1. The molecular formula is C22H35ClN2O. The maximum Gasteiger partial charge on any atom is 0.223 e. The molecule has 1 unspecified atom stereocenters. The molecule has 1 aliphatic heterocycles. The molecule has 0 aromatic heterocycles. The Hall–Kier alpha value is -1.06. The molecule has 0 radical (unpaired) electrons. The number of carbonyl (C=O) groups is 1. The molecule has 26 heavy (non-hydrogen) atoms. The van der Waals surface area contributed by atoms with Gasteiger partial charge < -0.3 is 10.6 Å². The van der Waals surface area contributed by atoms with Crippen molar-refractivity contribution < 1.29 is 4.79 Å². The van der Waals surface area contributed by atoms with Crippen LogP contribution in [0.15, 0.2) is 30.3 Å². The summed E-state index contributed by atoms with van der Waals surface area (Å²) in [5.74, 6) is 0.356. The number of aryl methyl sites for hydroxylation is 1. The first kappa shape index (κ1) is 21.2. The molecule has 3 nitrogen and oxygen atoms in total. The number of hydrogen-bond acceptors (Lipinski definition) is 2. The second-order valence-corrected chi connectivity index (χ2v) is 9.07. The Morgan fingerprint density at radius 3 is 2.46 bits per heavy atom. The van der Waals surface area contributed by atoms with E-state index in [0.717, 1.165) is 38.8 Å². The van der Waals surface area contributed by atoms with Crippen molar-refractivity contribution in [1.82, 2.24) is 4.90 Å². The average Bonchev–Trinajstić information content (AvgIpc) is 3.05. The molecule has 1 amide bonds. The van der Waals surface area contributed by atoms with Crippen LogP contribution in [0, 0.1) is 10.8 Å². The first-order valence-electron chi connectivity index (χ1n) is 9.98. The summed E-state index contributed by atoms with van der Waals surface area (Å²) >= 11 is 0. The summed E-state index contributed by atoms with van der Waals surface area (Å²) in [7, 11) is 0. The Bertz CT molecular complexity index is 581. The zero-order chi connectivity index (χ0) is 17.9. The molecule has 1 aromatic rings. The second-order valence-electron chi connectivity index (χ2n) is 9.07. The van der Waals surface area contributed by atoms with Gasteiger partial charge in [-0.05, 0) is 48.5 Å². The predicted octanol–water partition coefficient (Wildman–Crippen LogP) is 4.58. The van der Waals surface area contributed by atoms with Crippen molar-refractivity contribution in [1.29, 1.82) is 0 Å². The molecule has 1 aliphatic carbocycles. The number of halogens is 1. The lowest BCUT2D eigenvalue weighted by atomic mass is 9.76. The van der Waals surface area contributed by atoms with E-state index in [1.165, 1.54) is 31.2 Å². The van der Waals surface area contributed by atoms with Gasteiger partial charge in [0.25, 0.3) is 0 Å². The molecule has 1 aromatic carbocycles. The Balaban J connectivity index is 0.00000243. The molecule has 3 rings (SSSR count). The summed E-state index contributed by atoms with van der Waals surface area (Å²) < 4.78 is 0. The highest BCUT2D eigenvalue weighted by molar-refractivity contribution is 5.85. The van der Waals surface area contributed by atoms with Crippen molar-refractivity contribution in [3.63, 3.8) is 0 Å². The summed E-state index contributed by atoms with van der Waals surface area (Å²) in [6, 6.07) is 10.9. The van der Waals surface area contributed by atoms with E-state index in [2.05, 4.69) is 49.1 Å². The maximum atomic E-state index is 13.1. The van der Waals surface area contributed by atoms with Crippen molar-refractivity contribution in [2.75, 3.05) is 13.1 Å². The van der Waals surface area contributed by atoms with Gasteiger partial charge in [0, 0.05) is 25.6 Å². The molecule has 0 bridgehead atoms. The van der Waals surface area contributed by atoms with E-state index >= 15 is 0 Å². The first-order chi connectivity index (χ1) is 11.9. The summed E-state index contributed by atoms with van der Waals surface area (Å²) in [5.41, 5.74) is 7.88. The van der Waals surface area contributed by atoms with E-state index in [1.807, 2.05) is 0 Å². The molecule has 4 heteroatoms. The molecular weight excluding hydrogens is 344 g/mol. The zero-order valence-corrected chi connectivity index (χ0v) is 17.2. The quantitative estimate of drug-likeness (QED) is 0.815. The largest absolute Gasteiger partial charge is 0.342 e. The van der Waals surface area contributed by atoms with Crippen LogP contribution in [-0.4, -0.2) is 29.9 Å². The Labute approximate surface area is 165 Å². The lowest BCUT2D eigenvalue weighted by Gasteiger charge is -2.43. The van der Waals surface area contributed by atoms with Crippen molar-refractivity contribution in [3.8, 4) is 0 Å². The van der Waals surface area contributed by atoms with E-state index in [1.54, 1.807) is 0 Å². The third-order valence-electron chi connectivity index (χ3n) is 6.64. The van der Waals surface area contributed by atoms with Gasteiger partial charge in [-0.15, -0.1) is 12.4 Å². The van der Waals surface area contributed by atoms with E-state index in [4.69, 9.17) is 5.73 Å². The fourth-order valence-electron chi connectivity index (χ4n) is 4.71. The van der Waals surface area contributed by atoms with Gasteiger partial charge in [-0.25, -0.2) is 0 Å². The van der Waals surface area contributed by atoms with Gasteiger partial charge in [-0.1, -0.05) is 57.0 Å². The van der Waals surface area contributed by atoms with Gasteiger partial charge >= 0.3 is 0 Å². The molecule has 146 valence electrons. The maximum absolute atomic E-state index is 13.1. The number of benzene rings is 1. The molecule has 0 spiro atoms. The Morgan fingerprint density at radius 1 is 1.19 bits per heavy atom. The smallest absolute Gasteiger partial charge is 0.223 e. The van der Waals surface area contributed by atoms with Crippen molar-refractivity contribution in [2.45, 2.75) is 71.3 Å². The van der Waals surface area contributed by atoms with Gasteiger partial charge in [-0.2, -0.15) is 0 Å². The van der Waals surface area contributed by atoms with Crippen LogP contribution in [0.3, 0.4) is 0 Å². The molecule has 1 heterocycles. The van der Waals surface area contributed by atoms with E-state index in [9.17, 15) is 4.79 Å². The topological polar surface area (TPSA) is 46.3 Å². The zero-order valence-electron chi connectivity index (χ0n) is 16.4. The van der Waals surface area contributed by atoms with Gasteiger partial charge in [-0.3, -0.25) is 4.79 Å². The minimum atomic E-state index is 0. The third-order valence-corrected chi connectivity index (χ3v) is 6.64. The number of carbonyl (C=O) groups excluding carboxylic acids is 1. The minimum Gasteiger partial charge on any atom is -0.342 e. The first-order valence-corrected chi connectivity index (χ1v) is 9.98. The van der Waals surface area contributed by atoms with Crippen molar-refractivity contribution in [3.05, 3.63) is 35.9 Å². The lowest BCUT2D eigenvalue weighted by molar-refractivity contribution is -0.137. The van der Waals surface area contributed by atoms with Gasteiger partial charge in [0.1, 0.15) is 0 Å². The van der Waals surface area contributed by atoms with Crippen LogP contribution in [0.2, 0.25) is 0 Å². The fraction of sp³-hybridized carbons (Fsp3) is 0.682. The van der Waals surface area contributed by atoms with E-state index in [0.29, 0.717) is 5.91 Å². The van der Waals surface area contributed by atoms with E-state index in [-0.39, 0.29) is 29.3 Å². The summed E-state index contributed by atoms with van der Waals surface area (Å²) in [4.78, 5) is 15.1. The minimum absolute atomic E-state index is 0. The highest BCUT2D eigenvalue weighted by atomic mass is 35.5. The number of piperidine rings is 1. The summed E-state index contributed by atoms with van der Waals surface area (Å²) in [6.07, 6.45) is 8.85. The molecule has 1 saturated heterocycles. The SMILES string of the molecule is CC1(C)CN(C(=O)CC2(CCc3ccccc3)CCCC2)CCC1N.Cl. The van der Waals surface area contributed by atoms with Crippen LogP contribution in [0.5, 0.6) is 0 Å². The molecule has 2 N–H and O–H groups in total. The van der Waals surface area contributed by atoms with Gasteiger partial charge in [0.05, 0.1) is 0 Å². The average molecular weight is 379 g/mol.